The lowest BCUT2D eigenvalue weighted by molar-refractivity contribution is 0.156. The molecule has 0 saturated heterocycles. The van der Waals surface area contributed by atoms with Crippen LogP contribution in [-0.2, 0) is 6.42 Å². The molecule has 0 atom stereocenters. The fourth-order valence-corrected chi connectivity index (χ4v) is 2.61. The van der Waals surface area contributed by atoms with Crippen molar-refractivity contribution in [1.82, 2.24) is 4.90 Å². The molecule has 1 amide bonds. The molecular weight excluding hydrogens is 222 g/mol. The minimum atomic E-state index is -0.875. The molecule has 1 aromatic carbocycles. The third-order valence-electron chi connectivity index (χ3n) is 2.60. The highest BCUT2D eigenvalue weighted by atomic mass is 32.1. The van der Waals surface area contributed by atoms with Gasteiger partial charge < -0.3 is 10.0 Å². The van der Waals surface area contributed by atoms with Crippen LogP contribution in [0.5, 0.6) is 0 Å². The second-order valence-corrected chi connectivity index (χ2v) is 4.62. The number of fused-ring (bicyclic) bond motifs is 1. The van der Waals surface area contributed by atoms with Crippen LogP contribution in [0.15, 0.2) is 29.6 Å². The molecular formula is C12H13NO2S. The number of rotatable bonds is 3. The van der Waals surface area contributed by atoms with E-state index in [-0.39, 0.29) is 0 Å². The fraction of sp³-hybridized carbons (Fsp3) is 0.250. The summed E-state index contributed by atoms with van der Waals surface area (Å²) in [5.74, 6) is 0. The van der Waals surface area contributed by atoms with Crippen LogP contribution in [0.3, 0.4) is 0 Å². The van der Waals surface area contributed by atoms with Crippen LogP contribution in [-0.4, -0.2) is 29.7 Å². The predicted octanol–water partition coefficient (Wildman–Crippen LogP) is 3.05. The molecule has 1 aromatic heterocycles. The van der Waals surface area contributed by atoms with Crippen LogP contribution in [0.4, 0.5) is 4.79 Å². The number of thiophene rings is 1. The fourth-order valence-electron chi connectivity index (χ4n) is 1.61. The van der Waals surface area contributed by atoms with E-state index in [1.54, 1.807) is 18.4 Å². The largest absolute Gasteiger partial charge is 0.465 e. The Kier molecular flexibility index (Phi) is 3.10. The maximum absolute atomic E-state index is 10.7. The highest BCUT2D eigenvalue weighted by molar-refractivity contribution is 7.17. The second kappa shape index (κ2) is 4.53. The van der Waals surface area contributed by atoms with Crippen molar-refractivity contribution in [3.8, 4) is 0 Å². The first-order valence-corrected chi connectivity index (χ1v) is 5.95. The van der Waals surface area contributed by atoms with Crippen molar-refractivity contribution in [1.29, 1.82) is 0 Å². The lowest BCUT2D eigenvalue weighted by Gasteiger charge is -2.11. The topological polar surface area (TPSA) is 40.5 Å². The van der Waals surface area contributed by atoms with Crippen molar-refractivity contribution in [3.05, 3.63) is 35.2 Å². The summed E-state index contributed by atoms with van der Waals surface area (Å²) in [5.41, 5.74) is 1.23. The van der Waals surface area contributed by atoms with Gasteiger partial charge in [-0.2, -0.15) is 0 Å². The minimum absolute atomic E-state index is 0.538. The van der Waals surface area contributed by atoms with E-state index in [1.807, 2.05) is 12.1 Å². The molecule has 16 heavy (non-hydrogen) atoms. The van der Waals surface area contributed by atoms with Crippen LogP contribution in [0.25, 0.3) is 10.1 Å². The first-order valence-electron chi connectivity index (χ1n) is 5.07. The third-order valence-corrected chi connectivity index (χ3v) is 3.62. The van der Waals surface area contributed by atoms with Crippen molar-refractivity contribution in [2.24, 2.45) is 0 Å². The average molecular weight is 235 g/mol. The number of hydrogen-bond acceptors (Lipinski definition) is 2. The van der Waals surface area contributed by atoms with Gasteiger partial charge in [0.05, 0.1) is 0 Å². The summed E-state index contributed by atoms with van der Waals surface area (Å²) in [6.07, 6.45) is -0.105. The highest BCUT2D eigenvalue weighted by Gasteiger charge is 2.07. The van der Waals surface area contributed by atoms with Gasteiger partial charge in [0, 0.05) is 18.3 Å². The monoisotopic (exact) mass is 235 g/mol. The van der Waals surface area contributed by atoms with Crippen LogP contribution in [0.1, 0.15) is 5.56 Å². The molecule has 0 spiro atoms. The van der Waals surface area contributed by atoms with Gasteiger partial charge in [-0.15, -0.1) is 11.3 Å². The predicted molar refractivity (Wildman–Crippen MR) is 66.2 cm³/mol. The lowest BCUT2D eigenvalue weighted by atomic mass is 10.1. The van der Waals surface area contributed by atoms with E-state index in [1.165, 1.54) is 20.5 Å². The van der Waals surface area contributed by atoms with Gasteiger partial charge in [-0.05, 0) is 28.8 Å². The van der Waals surface area contributed by atoms with Crippen LogP contribution < -0.4 is 0 Å². The van der Waals surface area contributed by atoms with Crippen LogP contribution in [0, 0.1) is 0 Å². The molecule has 0 saturated carbocycles. The van der Waals surface area contributed by atoms with Gasteiger partial charge in [-0.3, -0.25) is 0 Å². The molecule has 0 aliphatic carbocycles. The Morgan fingerprint density at radius 3 is 2.94 bits per heavy atom. The molecule has 1 N–H and O–H groups in total. The molecule has 84 valence electrons. The van der Waals surface area contributed by atoms with E-state index in [4.69, 9.17) is 5.11 Å². The van der Waals surface area contributed by atoms with Crippen LogP contribution in [0.2, 0.25) is 0 Å². The summed E-state index contributed by atoms with van der Waals surface area (Å²) >= 11 is 1.71. The Morgan fingerprint density at radius 1 is 1.44 bits per heavy atom. The molecule has 0 aliphatic heterocycles. The van der Waals surface area contributed by atoms with Gasteiger partial charge in [0.2, 0.25) is 0 Å². The van der Waals surface area contributed by atoms with Gasteiger partial charge in [-0.25, -0.2) is 4.79 Å². The standard InChI is InChI=1S/C12H13NO2S/c1-13(12(14)15)7-6-9-8-16-11-5-3-2-4-10(9)11/h2-5,8H,6-7H2,1H3,(H,14,15). The summed E-state index contributed by atoms with van der Waals surface area (Å²) in [6, 6.07) is 8.21. The van der Waals surface area contributed by atoms with E-state index in [2.05, 4.69) is 17.5 Å². The van der Waals surface area contributed by atoms with E-state index in [9.17, 15) is 4.79 Å². The summed E-state index contributed by atoms with van der Waals surface area (Å²) in [7, 11) is 1.59. The molecule has 2 rings (SSSR count). The summed E-state index contributed by atoms with van der Waals surface area (Å²) in [5, 5.41) is 12.1. The van der Waals surface area contributed by atoms with E-state index in [0.717, 1.165) is 6.42 Å². The Hall–Kier alpha value is -1.55. The minimum Gasteiger partial charge on any atom is -0.465 e. The van der Waals surface area contributed by atoms with Gasteiger partial charge in [0.25, 0.3) is 0 Å². The molecule has 1 heterocycles. The number of likely N-dealkylation sites (N-methyl/N-ethyl adjacent to an activating group) is 1. The normalized spacial score (nSPS) is 10.6. The number of nitrogens with zero attached hydrogens (tertiary/aromatic N) is 1. The molecule has 0 fully saturated rings. The summed E-state index contributed by atoms with van der Waals surface area (Å²) < 4.78 is 1.26. The number of carboxylic acid groups (broad SMARTS) is 1. The third kappa shape index (κ3) is 2.17. The summed E-state index contributed by atoms with van der Waals surface area (Å²) in [4.78, 5) is 12.0. The van der Waals surface area contributed by atoms with Crippen LogP contribution >= 0.6 is 11.3 Å². The summed E-state index contributed by atoms with van der Waals surface area (Å²) in [6.45, 7) is 0.538. The Balaban J connectivity index is 2.13. The molecule has 0 bridgehead atoms. The first kappa shape index (κ1) is 11.0. The van der Waals surface area contributed by atoms with Gasteiger partial charge >= 0.3 is 6.09 Å². The van der Waals surface area contributed by atoms with Crippen molar-refractivity contribution in [2.45, 2.75) is 6.42 Å². The number of carbonyl (C=O) groups is 1. The highest BCUT2D eigenvalue weighted by Crippen LogP contribution is 2.25. The molecule has 2 aromatic rings. The van der Waals surface area contributed by atoms with E-state index < -0.39 is 6.09 Å². The zero-order chi connectivity index (χ0) is 11.5. The lowest BCUT2D eigenvalue weighted by Crippen LogP contribution is -2.26. The Labute approximate surface area is 97.9 Å². The zero-order valence-corrected chi connectivity index (χ0v) is 9.83. The number of benzene rings is 1. The number of amides is 1. The number of hydrogen-bond donors (Lipinski definition) is 1. The Morgan fingerprint density at radius 2 is 2.19 bits per heavy atom. The molecule has 4 heteroatoms. The van der Waals surface area contributed by atoms with E-state index in [0.29, 0.717) is 6.54 Å². The van der Waals surface area contributed by atoms with Gasteiger partial charge in [0.1, 0.15) is 0 Å². The molecule has 0 unspecified atom stereocenters. The quantitative estimate of drug-likeness (QED) is 0.888. The van der Waals surface area contributed by atoms with Crippen molar-refractivity contribution in [2.75, 3.05) is 13.6 Å². The first-order chi connectivity index (χ1) is 7.68. The smallest absolute Gasteiger partial charge is 0.407 e. The van der Waals surface area contributed by atoms with Gasteiger partial charge in [-0.1, -0.05) is 18.2 Å². The second-order valence-electron chi connectivity index (χ2n) is 3.71. The maximum Gasteiger partial charge on any atom is 0.407 e. The van der Waals surface area contributed by atoms with Crippen molar-refractivity contribution >= 4 is 27.5 Å². The van der Waals surface area contributed by atoms with E-state index >= 15 is 0 Å². The van der Waals surface area contributed by atoms with Gasteiger partial charge in [0.15, 0.2) is 0 Å². The molecule has 0 aliphatic rings. The maximum atomic E-state index is 10.7. The molecule has 0 radical (unpaired) electrons. The van der Waals surface area contributed by atoms with Crippen molar-refractivity contribution in [3.63, 3.8) is 0 Å². The zero-order valence-electron chi connectivity index (χ0n) is 9.01. The SMILES string of the molecule is CN(CCc1csc2ccccc12)C(=O)O. The van der Waals surface area contributed by atoms with Crippen molar-refractivity contribution < 1.29 is 9.90 Å². The average Bonchev–Trinajstić information content (AvgIpc) is 2.69. The molecule has 3 nitrogen and oxygen atoms in total. The Bertz CT molecular complexity index is 506.